The summed E-state index contributed by atoms with van der Waals surface area (Å²) in [6.45, 7) is 10.7. The minimum absolute atomic E-state index is 0. The molecule has 1 heterocycles. The number of guanidine groups is 1. The SMILES string of the molecule is CCNC(=NCC(C)N1CCc2ccccc2C1)NC1CC1C.I. The molecule has 1 aliphatic carbocycles. The predicted octanol–water partition coefficient (Wildman–Crippen LogP) is 3.01. The minimum atomic E-state index is 0. The summed E-state index contributed by atoms with van der Waals surface area (Å²) in [4.78, 5) is 7.36. The normalized spacial score (nSPS) is 24.5. The maximum absolute atomic E-state index is 4.81. The maximum Gasteiger partial charge on any atom is 0.191 e. The van der Waals surface area contributed by atoms with Crippen molar-refractivity contribution in [3.63, 3.8) is 0 Å². The van der Waals surface area contributed by atoms with Gasteiger partial charge in [0.1, 0.15) is 0 Å². The van der Waals surface area contributed by atoms with Crippen LogP contribution in [-0.4, -0.2) is 42.6 Å². The zero-order chi connectivity index (χ0) is 16.2. The molecule has 1 aliphatic heterocycles. The van der Waals surface area contributed by atoms with Crippen LogP contribution in [0, 0.1) is 5.92 Å². The van der Waals surface area contributed by atoms with Crippen LogP contribution in [0.5, 0.6) is 0 Å². The highest BCUT2D eigenvalue weighted by atomic mass is 127. The van der Waals surface area contributed by atoms with Gasteiger partial charge in [0.2, 0.25) is 0 Å². The Kier molecular flexibility index (Phi) is 7.34. The van der Waals surface area contributed by atoms with E-state index in [2.05, 4.69) is 60.6 Å². The van der Waals surface area contributed by atoms with Gasteiger partial charge in [0.25, 0.3) is 0 Å². The van der Waals surface area contributed by atoms with Crippen LogP contribution in [0.2, 0.25) is 0 Å². The Morgan fingerprint density at radius 2 is 2.04 bits per heavy atom. The Hall–Kier alpha value is -0.820. The van der Waals surface area contributed by atoms with Gasteiger partial charge in [-0.05, 0) is 43.7 Å². The molecular formula is C19H31IN4. The van der Waals surface area contributed by atoms with Crippen LogP contribution in [-0.2, 0) is 13.0 Å². The molecule has 5 heteroatoms. The number of hydrogen-bond acceptors (Lipinski definition) is 2. The first kappa shape index (κ1) is 19.5. The van der Waals surface area contributed by atoms with Crippen molar-refractivity contribution in [1.29, 1.82) is 0 Å². The smallest absolute Gasteiger partial charge is 0.191 e. The monoisotopic (exact) mass is 442 g/mol. The van der Waals surface area contributed by atoms with E-state index >= 15 is 0 Å². The molecule has 2 aliphatic rings. The van der Waals surface area contributed by atoms with Crippen LogP contribution in [0.3, 0.4) is 0 Å². The summed E-state index contributed by atoms with van der Waals surface area (Å²) in [6.07, 6.45) is 2.42. The van der Waals surface area contributed by atoms with Crippen molar-refractivity contribution in [2.45, 2.75) is 52.2 Å². The van der Waals surface area contributed by atoms with Crippen molar-refractivity contribution in [2.24, 2.45) is 10.9 Å². The average molecular weight is 442 g/mol. The molecule has 1 fully saturated rings. The Labute approximate surface area is 163 Å². The van der Waals surface area contributed by atoms with E-state index in [4.69, 9.17) is 4.99 Å². The van der Waals surface area contributed by atoms with Crippen LogP contribution in [0.1, 0.15) is 38.3 Å². The van der Waals surface area contributed by atoms with Crippen LogP contribution in [0.15, 0.2) is 29.3 Å². The summed E-state index contributed by atoms with van der Waals surface area (Å²) >= 11 is 0. The van der Waals surface area contributed by atoms with Crippen molar-refractivity contribution in [2.75, 3.05) is 19.6 Å². The Balaban J connectivity index is 0.00000208. The second-order valence-corrected chi connectivity index (χ2v) is 7.02. The molecule has 0 bridgehead atoms. The zero-order valence-corrected chi connectivity index (χ0v) is 17.4. The third kappa shape index (κ3) is 5.09. The minimum Gasteiger partial charge on any atom is -0.357 e. The highest BCUT2D eigenvalue weighted by Crippen LogP contribution is 2.28. The van der Waals surface area contributed by atoms with Gasteiger partial charge in [-0.2, -0.15) is 0 Å². The van der Waals surface area contributed by atoms with Crippen molar-refractivity contribution in [3.8, 4) is 0 Å². The molecule has 0 aromatic heterocycles. The first-order valence-corrected chi connectivity index (χ1v) is 9.03. The average Bonchev–Trinajstić information content (AvgIpc) is 3.27. The molecule has 0 amide bonds. The number of nitrogens with one attached hydrogen (secondary N) is 2. The molecule has 0 spiro atoms. The summed E-state index contributed by atoms with van der Waals surface area (Å²) in [5, 5.41) is 6.90. The van der Waals surface area contributed by atoms with Crippen molar-refractivity contribution in [3.05, 3.63) is 35.4 Å². The Morgan fingerprint density at radius 3 is 2.71 bits per heavy atom. The largest absolute Gasteiger partial charge is 0.357 e. The van der Waals surface area contributed by atoms with Gasteiger partial charge in [0.05, 0.1) is 6.54 Å². The lowest BCUT2D eigenvalue weighted by atomic mass is 9.99. The molecule has 2 N–H and O–H groups in total. The quantitative estimate of drug-likeness (QED) is 0.419. The first-order valence-electron chi connectivity index (χ1n) is 9.03. The second kappa shape index (κ2) is 9.04. The lowest BCUT2D eigenvalue weighted by Gasteiger charge is -2.33. The number of hydrogen-bond donors (Lipinski definition) is 2. The topological polar surface area (TPSA) is 39.7 Å². The summed E-state index contributed by atoms with van der Waals surface area (Å²) in [6, 6.07) is 9.90. The lowest BCUT2D eigenvalue weighted by molar-refractivity contribution is 0.195. The molecule has 4 nitrogen and oxygen atoms in total. The van der Waals surface area contributed by atoms with Gasteiger partial charge >= 0.3 is 0 Å². The lowest BCUT2D eigenvalue weighted by Crippen LogP contribution is -2.42. The molecule has 1 aromatic carbocycles. The van der Waals surface area contributed by atoms with E-state index in [0.717, 1.165) is 44.5 Å². The standard InChI is InChI=1S/C19H30N4.HI/c1-4-20-19(22-18-11-14(18)2)21-12-15(3)23-10-9-16-7-5-6-8-17(16)13-23;/h5-8,14-15,18H,4,9-13H2,1-3H3,(H2,20,21,22);1H. The van der Waals surface area contributed by atoms with Gasteiger partial charge in [-0.15, -0.1) is 24.0 Å². The number of nitrogens with zero attached hydrogens (tertiary/aromatic N) is 2. The fourth-order valence-corrected chi connectivity index (χ4v) is 3.25. The molecule has 3 unspecified atom stereocenters. The van der Waals surface area contributed by atoms with Crippen LogP contribution in [0.25, 0.3) is 0 Å². The van der Waals surface area contributed by atoms with Crippen LogP contribution >= 0.6 is 24.0 Å². The number of aliphatic imine (C=N–C) groups is 1. The molecule has 134 valence electrons. The number of fused-ring (bicyclic) bond motifs is 1. The number of halogens is 1. The van der Waals surface area contributed by atoms with Gasteiger partial charge in [-0.3, -0.25) is 9.89 Å². The number of rotatable bonds is 5. The summed E-state index contributed by atoms with van der Waals surface area (Å²) in [5.74, 6) is 1.76. The highest BCUT2D eigenvalue weighted by Gasteiger charge is 2.33. The van der Waals surface area contributed by atoms with Gasteiger partial charge in [-0.1, -0.05) is 31.2 Å². The zero-order valence-electron chi connectivity index (χ0n) is 15.1. The molecule has 3 atom stereocenters. The van der Waals surface area contributed by atoms with E-state index in [9.17, 15) is 0 Å². The summed E-state index contributed by atoms with van der Waals surface area (Å²) in [5.41, 5.74) is 2.99. The molecular weight excluding hydrogens is 411 g/mol. The van der Waals surface area contributed by atoms with Crippen molar-refractivity contribution < 1.29 is 0 Å². The first-order chi connectivity index (χ1) is 11.2. The molecule has 1 saturated carbocycles. The predicted molar refractivity (Wildman–Crippen MR) is 112 cm³/mol. The molecule has 0 saturated heterocycles. The fraction of sp³-hybridized carbons (Fsp3) is 0.632. The third-order valence-corrected chi connectivity index (χ3v) is 5.07. The van der Waals surface area contributed by atoms with Gasteiger partial charge in [0, 0.05) is 31.7 Å². The van der Waals surface area contributed by atoms with E-state index < -0.39 is 0 Å². The Morgan fingerprint density at radius 1 is 1.33 bits per heavy atom. The molecule has 3 rings (SSSR count). The number of benzene rings is 1. The van der Waals surface area contributed by atoms with E-state index in [1.807, 2.05) is 0 Å². The second-order valence-electron chi connectivity index (χ2n) is 7.02. The molecule has 1 aromatic rings. The fourth-order valence-electron chi connectivity index (χ4n) is 3.25. The van der Waals surface area contributed by atoms with Crippen LogP contribution in [0.4, 0.5) is 0 Å². The molecule has 24 heavy (non-hydrogen) atoms. The van der Waals surface area contributed by atoms with Crippen molar-refractivity contribution >= 4 is 29.9 Å². The summed E-state index contributed by atoms with van der Waals surface area (Å²) in [7, 11) is 0. The molecule has 0 radical (unpaired) electrons. The van der Waals surface area contributed by atoms with E-state index in [1.54, 1.807) is 0 Å². The maximum atomic E-state index is 4.81. The van der Waals surface area contributed by atoms with E-state index in [-0.39, 0.29) is 24.0 Å². The summed E-state index contributed by atoms with van der Waals surface area (Å²) < 4.78 is 0. The highest BCUT2D eigenvalue weighted by molar-refractivity contribution is 14.0. The van der Waals surface area contributed by atoms with Gasteiger partial charge in [0.15, 0.2) is 5.96 Å². The Bertz CT molecular complexity index is 560. The third-order valence-electron chi connectivity index (χ3n) is 5.07. The van der Waals surface area contributed by atoms with Crippen LogP contribution < -0.4 is 10.6 Å². The van der Waals surface area contributed by atoms with Crippen molar-refractivity contribution in [1.82, 2.24) is 15.5 Å². The van der Waals surface area contributed by atoms with E-state index in [1.165, 1.54) is 17.5 Å². The van der Waals surface area contributed by atoms with Gasteiger partial charge in [-0.25, -0.2) is 0 Å². The van der Waals surface area contributed by atoms with E-state index in [0.29, 0.717) is 12.1 Å². The van der Waals surface area contributed by atoms with Gasteiger partial charge < -0.3 is 10.6 Å².